The fraction of sp³-hybridized carbons (Fsp3) is 0.917. The largest absolute Gasteiger partial charge is 0.340 e. The second-order valence-corrected chi connectivity index (χ2v) is 5.02. The third kappa shape index (κ3) is 5.74. The molecule has 0 aromatic heterocycles. The molecule has 0 bridgehead atoms. The quantitative estimate of drug-likeness (QED) is 0.827. The number of carbonyl (C=O) groups excluding carboxylic acids is 1. The number of halogens is 2. The predicted octanol–water partition coefficient (Wildman–Crippen LogP) is 1.12. The van der Waals surface area contributed by atoms with E-state index >= 15 is 0 Å². The maximum Gasteiger partial charge on any atom is 0.222 e. The van der Waals surface area contributed by atoms with E-state index in [9.17, 15) is 4.79 Å². The lowest BCUT2D eigenvalue weighted by Crippen LogP contribution is -2.49. The second kappa shape index (κ2) is 8.97. The molecule has 1 aliphatic carbocycles. The van der Waals surface area contributed by atoms with Crippen molar-refractivity contribution in [3.05, 3.63) is 0 Å². The van der Waals surface area contributed by atoms with Gasteiger partial charge in [-0.15, -0.1) is 24.8 Å². The lowest BCUT2D eigenvalue weighted by atomic mass is 10.2. The van der Waals surface area contributed by atoms with Crippen molar-refractivity contribution in [3.8, 4) is 0 Å². The predicted molar refractivity (Wildman–Crippen MR) is 78.5 cm³/mol. The highest BCUT2D eigenvalue weighted by atomic mass is 35.5. The number of piperazine rings is 1. The molecule has 2 aliphatic rings. The van der Waals surface area contributed by atoms with Crippen LogP contribution >= 0.6 is 24.8 Å². The van der Waals surface area contributed by atoms with Gasteiger partial charge in [-0.25, -0.2) is 0 Å². The molecule has 0 aromatic rings. The standard InChI is InChI=1S/C12H23N3O.2ClH/c13-5-1-2-12(16)15-8-6-14(7-9-15)10-11-3-4-11;;/h11H,1-10,13H2;2*1H. The van der Waals surface area contributed by atoms with Crippen LogP contribution in [0.15, 0.2) is 0 Å². The highest BCUT2D eigenvalue weighted by Gasteiger charge is 2.27. The Morgan fingerprint density at radius 3 is 2.22 bits per heavy atom. The van der Waals surface area contributed by atoms with Crippen LogP contribution in [0.1, 0.15) is 25.7 Å². The molecule has 2 N–H and O–H groups in total. The van der Waals surface area contributed by atoms with Gasteiger partial charge in [0.25, 0.3) is 0 Å². The summed E-state index contributed by atoms with van der Waals surface area (Å²) in [6.45, 7) is 5.82. The summed E-state index contributed by atoms with van der Waals surface area (Å²) >= 11 is 0. The fourth-order valence-electron chi connectivity index (χ4n) is 2.26. The van der Waals surface area contributed by atoms with Crippen LogP contribution in [0.5, 0.6) is 0 Å². The summed E-state index contributed by atoms with van der Waals surface area (Å²) in [5, 5.41) is 0. The van der Waals surface area contributed by atoms with E-state index in [-0.39, 0.29) is 30.7 Å². The summed E-state index contributed by atoms with van der Waals surface area (Å²) in [4.78, 5) is 16.3. The number of hydrogen-bond acceptors (Lipinski definition) is 3. The van der Waals surface area contributed by atoms with Gasteiger partial charge in [0.2, 0.25) is 5.91 Å². The van der Waals surface area contributed by atoms with Crippen LogP contribution in [0, 0.1) is 5.92 Å². The molecule has 18 heavy (non-hydrogen) atoms. The topological polar surface area (TPSA) is 49.6 Å². The van der Waals surface area contributed by atoms with E-state index in [1.54, 1.807) is 0 Å². The number of nitrogens with two attached hydrogens (primary N) is 1. The average Bonchev–Trinajstić information content (AvgIpc) is 3.11. The SMILES string of the molecule is Cl.Cl.NCCCC(=O)N1CCN(CC2CC2)CC1. The molecule has 6 heteroatoms. The Bertz CT molecular complexity index is 241. The molecule has 1 saturated heterocycles. The van der Waals surface area contributed by atoms with Crippen LogP contribution in [-0.2, 0) is 4.79 Å². The summed E-state index contributed by atoms with van der Waals surface area (Å²) in [6, 6.07) is 0. The van der Waals surface area contributed by atoms with Gasteiger partial charge in [0.05, 0.1) is 0 Å². The summed E-state index contributed by atoms with van der Waals surface area (Å²) < 4.78 is 0. The van der Waals surface area contributed by atoms with Crippen LogP contribution < -0.4 is 5.73 Å². The normalized spacial score (nSPS) is 19.9. The van der Waals surface area contributed by atoms with Crippen LogP contribution in [0.25, 0.3) is 0 Å². The third-order valence-electron chi connectivity index (χ3n) is 3.53. The van der Waals surface area contributed by atoms with Crippen molar-refractivity contribution in [2.45, 2.75) is 25.7 Å². The van der Waals surface area contributed by atoms with Gasteiger partial charge < -0.3 is 10.6 Å². The minimum Gasteiger partial charge on any atom is -0.340 e. The molecule has 0 atom stereocenters. The van der Waals surface area contributed by atoms with E-state index < -0.39 is 0 Å². The number of nitrogens with zero attached hydrogens (tertiary/aromatic N) is 2. The zero-order valence-electron chi connectivity index (χ0n) is 10.8. The summed E-state index contributed by atoms with van der Waals surface area (Å²) in [6.07, 6.45) is 4.27. The zero-order chi connectivity index (χ0) is 11.4. The van der Waals surface area contributed by atoms with E-state index in [1.807, 2.05) is 4.90 Å². The maximum absolute atomic E-state index is 11.8. The molecule has 2 fully saturated rings. The Labute approximate surface area is 122 Å². The Morgan fingerprint density at radius 1 is 1.11 bits per heavy atom. The molecule has 108 valence electrons. The van der Waals surface area contributed by atoms with Crippen LogP contribution in [0.4, 0.5) is 0 Å². The molecule has 0 unspecified atom stereocenters. The van der Waals surface area contributed by atoms with Gasteiger partial charge in [-0.1, -0.05) is 0 Å². The minimum atomic E-state index is 0. The first kappa shape index (κ1) is 18.0. The third-order valence-corrected chi connectivity index (χ3v) is 3.53. The Kier molecular flexibility index (Phi) is 8.95. The molecule has 2 rings (SSSR count). The summed E-state index contributed by atoms with van der Waals surface area (Å²) in [5.74, 6) is 1.25. The van der Waals surface area contributed by atoms with Gasteiger partial charge in [0, 0.05) is 39.1 Å². The van der Waals surface area contributed by atoms with Crippen molar-refractivity contribution in [2.24, 2.45) is 11.7 Å². The van der Waals surface area contributed by atoms with Gasteiger partial charge in [-0.2, -0.15) is 0 Å². The van der Waals surface area contributed by atoms with Crippen molar-refractivity contribution < 1.29 is 4.79 Å². The lowest BCUT2D eigenvalue weighted by molar-refractivity contribution is -0.133. The molecule has 0 radical (unpaired) electrons. The summed E-state index contributed by atoms with van der Waals surface area (Å²) in [5.41, 5.74) is 5.41. The van der Waals surface area contributed by atoms with Crippen molar-refractivity contribution in [1.82, 2.24) is 9.80 Å². The first-order valence-corrected chi connectivity index (χ1v) is 6.50. The van der Waals surface area contributed by atoms with Crippen LogP contribution in [0.3, 0.4) is 0 Å². The number of amides is 1. The van der Waals surface area contributed by atoms with Crippen LogP contribution in [-0.4, -0.2) is 55.0 Å². The zero-order valence-corrected chi connectivity index (χ0v) is 12.5. The highest BCUT2D eigenvalue weighted by molar-refractivity contribution is 5.85. The molecular formula is C12H25Cl2N3O. The smallest absolute Gasteiger partial charge is 0.222 e. The molecule has 0 aromatic carbocycles. The first-order valence-electron chi connectivity index (χ1n) is 6.50. The van der Waals surface area contributed by atoms with Crippen LogP contribution in [0.2, 0.25) is 0 Å². The van der Waals surface area contributed by atoms with E-state index in [1.165, 1.54) is 19.4 Å². The Balaban J connectivity index is 0.00000144. The molecular weight excluding hydrogens is 273 g/mol. The first-order chi connectivity index (χ1) is 7.79. The Morgan fingerprint density at radius 2 is 1.72 bits per heavy atom. The molecule has 0 spiro atoms. The van der Waals surface area contributed by atoms with E-state index in [4.69, 9.17) is 5.73 Å². The number of rotatable bonds is 5. The molecule has 1 saturated carbocycles. The number of carbonyl (C=O) groups is 1. The van der Waals surface area contributed by atoms with Crippen molar-refractivity contribution >= 4 is 30.7 Å². The van der Waals surface area contributed by atoms with E-state index in [0.717, 1.165) is 38.5 Å². The monoisotopic (exact) mass is 297 g/mol. The van der Waals surface area contributed by atoms with Gasteiger partial charge in [0.1, 0.15) is 0 Å². The van der Waals surface area contributed by atoms with Gasteiger partial charge in [0.15, 0.2) is 0 Å². The maximum atomic E-state index is 11.8. The van der Waals surface area contributed by atoms with Crippen molar-refractivity contribution in [3.63, 3.8) is 0 Å². The van der Waals surface area contributed by atoms with Crippen molar-refractivity contribution in [1.29, 1.82) is 0 Å². The number of hydrogen-bond donors (Lipinski definition) is 1. The summed E-state index contributed by atoms with van der Waals surface area (Å²) in [7, 11) is 0. The minimum absolute atomic E-state index is 0. The second-order valence-electron chi connectivity index (χ2n) is 5.02. The Hall–Kier alpha value is -0.0300. The van der Waals surface area contributed by atoms with Gasteiger partial charge in [-0.3, -0.25) is 9.69 Å². The van der Waals surface area contributed by atoms with E-state index in [0.29, 0.717) is 13.0 Å². The average molecular weight is 298 g/mol. The molecule has 1 heterocycles. The van der Waals surface area contributed by atoms with E-state index in [2.05, 4.69) is 4.90 Å². The molecule has 1 aliphatic heterocycles. The van der Waals surface area contributed by atoms with Gasteiger partial charge in [-0.05, 0) is 31.7 Å². The molecule has 1 amide bonds. The lowest BCUT2D eigenvalue weighted by Gasteiger charge is -2.34. The highest BCUT2D eigenvalue weighted by Crippen LogP contribution is 2.29. The molecule has 4 nitrogen and oxygen atoms in total. The van der Waals surface area contributed by atoms with Crippen molar-refractivity contribution in [2.75, 3.05) is 39.3 Å². The fourth-order valence-corrected chi connectivity index (χ4v) is 2.26. The van der Waals surface area contributed by atoms with Gasteiger partial charge >= 0.3 is 0 Å².